The van der Waals surface area contributed by atoms with E-state index in [-0.39, 0.29) is 0 Å². The summed E-state index contributed by atoms with van der Waals surface area (Å²) in [6.45, 7) is 4.34. The Morgan fingerprint density at radius 1 is 1.12 bits per heavy atom. The van der Waals surface area contributed by atoms with Crippen LogP contribution in [0.15, 0.2) is 42.5 Å². The largest absolute Gasteiger partial charge is 0.248 e. The summed E-state index contributed by atoms with van der Waals surface area (Å²) >= 11 is 0. The summed E-state index contributed by atoms with van der Waals surface area (Å²) < 4.78 is 0. The molecule has 0 N–H and O–H groups in total. The molecule has 0 aliphatic rings. The van der Waals surface area contributed by atoms with Crippen molar-refractivity contribution in [2.75, 3.05) is 0 Å². The van der Waals surface area contributed by atoms with Crippen LogP contribution in [-0.2, 0) is 0 Å². The van der Waals surface area contributed by atoms with Crippen molar-refractivity contribution in [2.24, 2.45) is 0 Å². The second kappa shape index (κ2) is 4.93. The van der Waals surface area contributed by atoms with Gasteiger partial charge in [0.25, 0.3) is 0 Å². The quantitative estimate of drug-likeness (QED) is 0.731. The summed E-state index contributed by atoms with van der Waals surface area (Å²) in [5.41, 5.74) is 3.53. The van der Waals surface area contributed by atoms with E-state index in [1.165, 1.54) is 11.0 Å². The van der Waals surface area contributed by atoms with Gasteiger partial charge in [-0.2, -0.15) is 0 Å². The second-order valence-electron chi connectivity index (χ2n) is 3.88. The van der Waals surface area contributed by atoms with Crippen molar-refractivity contribution in [1.82, 2.24) is 4.98 Å². The van der Waals surface area contributed by atoms with Gasteiger partial charge in [-0.05, 0) is 30.5 Å². The highest BCUT2D eigenvalue weighted by Gasteiger charge is 2.01. The van der Waals surface area contributed by atoms with Crippen LogP contribution < -0.4 is 0 Å². The molecule has 0 saturated carbocycles. The van der Waals surface area contributed by atoms with E-state index in [0.29, 0.717) is 0 Å². The fourth-order valence-electron chi connectivity index (χ4n) is 1.92. The zero-order valence-corrected chi connectivity index (χ0v) is 9.90. The Morgan fingerprint density at radius 2 is 1.94 bits per heavy atom. The number of hydrogen-bond acceptors (Lipinski definition) is 1. The number of pyridine rings is 1. The third-order valence-electron chi connectivity index (χ3n) is 2.76. The normalized spacial score (nSPS) is 12.0. The highest BCUT2D eigenvalue weighted by molar-refractivity contribution is 5.80. The van der Waals surface area contributed by atoms with Crippen molar-refractivity contribution in [3.63, 3.8) is 0 Å². The van der Waals surface area contributed by atoms with Crippen LogP contribution in [0, 0.1) is 0 Å². The van der Waals surface area contributed by atoms with E-state index in [1.54, 1.807) is 0 Å². The predicted molar refractivity (Wildman–Crippen MR) is 70.3 cm³/mol. The van der Waals surface area contributed by atoms with Crippen molar-refractivity contribution < 1.29 is 0 Å². The van der Waals surface area contributed by atoms with Gasteiger partial charge in [-0.25, -0.2) is 4.98 Å². The van der Waals surface area contributed by atoms with Crippen molar-refractivity contribution in [2.45, 2.75) is 26.7 Å². The Labute approximate surface area is 96.8 Å². The predicted octanol–water partition coefficient (Wildman–Crippen LogP) is 4.44. The number of hydrogen-bond donors (Lipinski definition) is 0. The van der Waals surface area contributed by atoms with Crippen molar-refractivity contribution in [3.8, 4) is 0 Å². The molecule has 0 aliphatic carbocycles. The molecule has 0 radical (unpaired) electrons. The minimum absolute atomic E-state index is 1.04. The van der Waals surface area contributed by atoms with Crippen LogP contribution in [0.3, 0.4) is 0 Å². The van der Waals surface area contributed by atoms with Gasteiger partial charge in [0.1, 0.15) is 0 Å². The minimum Gasteiger partial charge on any atom is -0.248 e. The SMILES string of the molecule is CC/C=C(\CC)c1ccc2ccccc2n1. The Morgan fingerprint density at radius 3 is 2.69 bits per heavy atom. The van der Waals surface area contributed by atoms with Crippen molar-refractivity contribution in [3.05, 3.63) is 48.2 Å². The number of aromatic nitrogens is 1. The molecule has 2 rings (SSSR count). The topological polar surface area (TPSA) is 12.9 Å². The Bertz CT molecular complexity index is 512. The molecular formula is C15H17N. The molecule has 0 saturated heterocycles. The van der Waals surface area contributed by atoms with E-state index < -0.39 is 0 Å². The minimum atomic E-state index is 1.04. The van der Waals surface area contributed by atoms with E-state index in [0.717, 1.165) is 24.1 Å². The lowest BCUT2D eigenvalue weighted by atomic mass is 10.1. The first-order chi connectivity index (χ1) is 7.85. The smallest absolute Gasteiger partial charge is 0.0709 e. The lowest BCUT2D eigenvalue weighted by Gasteiger charge is -2.05. The molecule has 2 aromatic rings. The molecule has 0 atom stereocenters. The van der Waals surface area contributed by atoms with Gasteiger partial charge in [0.05, 0.1) is 11.2 Å². The van der Waals surface area contributed by atoms with Crippen LogP contribution in [0.25, 0.3) is 16.5 Å². The van der Waals surface area contributed by atoms with Gasteiger partial charge in [0.2, 0.25) is 0 Å². The van der Waals surface area contributed by atoms with E-state index in [4.69, 9.17) is 4.98 Å². The molecule has 0 amide bonds. The van der Waals surface area contributed by atoms with Crippen LogP contribution in [0.4, 0.5) is 0 Å². The molecule has 0 bridgehead atoms. The summed E-state index contributed by atoms with van der Waals surface area (Å²) in [7, 11) is 0. The fraction of sp³-hybridized carbons (Fsp3) is 0.267. The molecule has 1 aromatic carbocycles. The molecule has 16 heavy (non-hydrogen) atoms. The molecular weight excluding hydrogens is 194 g/mol. The van der Waals surface area contributed by atoms with Crippen LogP contribution in [0.5, 0.6) is 0 Å². The van der Waals surface area contributed by atoms with Crippen molar-refractivity contribution in [1.29, 1.82) is 0 Å². The zero-order valence-electron chi connectivity index (χ0n) is 9.90. The van der Waals surface area contributed by atoms with Gasteiger partial charge in [0, 0.05) is 5.39 Å². The first-order valence-electron chi connectivity index (χ1n) is 5.90. The maximum absolute atomic E-state index is 4.70. The molecule has 0 aliphatic heterocycles. The Balaban J connectivity index is 2.50. The summed E-state index contributed by atoms with van der Waals surface area (Å²) in [5, 5.41) is 1.21. The standard InChI is InChI=1S/C15H17N/c1-3-7-12(4-2)15-11-10-13-8-5-6-9-14(13)16-15/h5-11H,3-4H2,1-2H3/b12-7+. The van der Waals surface area contributed by atoms with E-state index in [2.05, 4.69) is 44.2 Å². The second-order valence-corrected chi connectivity index (χ2v) is 3.88. The molecule has 0 spiro atoms. The van der Waals surface area contributed by atoms with Gasteiger partial charge in [0.15, 0.2) is 0 Å². The lowest BCUT2D eigenvalue weighted by molar-refractivity contribution is 1.15. The summed E-state index contributed by atoms with van der Waals surface area (Å²) in [6, 6.07) is 12.5. The van der Waals surface area contributed by atoms with Gasteiger partial charge >= 0.3 is 0 Å². The number of nitrogens with zero attached hydrogens (tertiary/aromatic N) is 1. The average molecular weight is 211 g/mol. The average Bonchev–Trinajstić information content (AvgIpc) is 2.35. The van der Waals surface area contributed by atoms with E-state index >= 15 is 0 Å². The van der Waals surface area contributed by atoms with E-state index in [9.17, 15) is 0 Å². The Kier molecular flexibility index (Phi) is 3.35. The van der Waals surface area contributed by atoms with Gasteiger partial charge < -0.3 is 0 Å². The maximum atomic E-state index is 4.70. The Hall–Kier alpha value is -1.63. The van der Waals surface area contributed by atoms with Gasteiger partial charge in [-0.15, -0.1) is 0 Å². The third kappa shape index (κ3) is 2.13. The van der Waals surface area contributed by atoms with Crippen LogP contribution in [-0.4, -0.2) is 4.98 Å². The molecule has 0 fully saturated rings. The first kappa shape index (κ1) is 10.9. The molecule has 1 heteroatoms. The number of fused-ring (bicyclic) bond motifs is 1. The molecule has 1 heterocycles. The van der Waals surface area contributed by atoms with Crippen LogP contribution >= 0.6 is 0 Å². The summed E-state index contributed by atoms with van der Waals surface area (Å²) in [5.74, 6) is 0. The first-order valence-corrected chi connectivity index (χ1v) is 5.90. The number of benzene rings is 1. The van der Waals surface area contributed by atoms with Crippen LogP contribution in [0.1, 0.15) is 32.4 Å². The molecule has 0 unspecified atom stereocenters. The highest BCUT2D eigenvalue weighted by atomic mass is 14.7. The number of para-hydroxylation sites is 1. The fourth-order valence-corrected chi connectivity index (χ4v) is 1.92. The maximum Gasteiger partial charge on any atom is 0.0709 e. The summed E-state index contributed by atoms with van der Waals surface area (Å²) in [4.78, 5) is 4.70. The van der Waals surface area contributed by atoms with E-state index in [1.807, 2.05) is 12.1 Å². The van der Waals surface area contributed by atoms with Gasteiger partial charge in [-0.1, -0.05) is 44.2 Å². The van der Waals surface area contributed by atoms with Crippen LogP contribution in [0.2, 0.25) is 0 Å². The van der Waals surface area contributed by atoms with Crippen molar-refractivity contribution >= 4 is 16.5 Å². The molecule has 1 nitrogen and oxygen atoms in total. The molecule has 1 aromatic heterocycles. The van der Waals surface area contributed by atoms with Gasteiger partial charge in [-0.3, -0.25) is 0 Å². The molecule has 82 valence electrons. The number of rotatable bonds is 3. The highest BCUT2D eigenvalue weighted by Crippen LogP contribution is 2.20. The number of allylic oxidation sites excluding steroid dienone is 2. The zero-order chi connectivity index (χ0) is 11.4. The third-order valence-corrected chi connectivity index (χ3v) is 2.76. The lowest BCUT2D eigenvalue weighted by Crippen LogP contribution is -1.89. The monoisotopic (exact) mass is 211 g/mol. The summed E-state index contributed by atoms with van der Waals surface area (Å²) in [6.07, 6.45) is 4.37.